The van der Waals surface area contributed by atoms with Crippen LogP contribution < -0.4 is 11.1 Å². The maximum absolute atomic E-state index is 10.9. The molecule has 1 fully saturated rings. The highest BCUT2D eigenvalue weighted by Crippen LogP contribution is 2.24. The highest BCUT2D eigenvalue weighted by atomic mass is 32.1. The Bertz CT molecular complexity index is 481. The zero-order chi connectivity index (χ0) is 14.9. The molecule has 10 heteroatoms. The normalized spacial score (nSPS) is 33.9. The van der Waals surface area contributed by atoms with Crippen LogP contribution in [0.1, 0.15) is 10.5 Å². The van der Waals surface area contributed by atoms with Gasteiger partial charge in [0.25, 0.3) is 5.91 Å². The summed E-state index contributed by atoms with van der Waals surface area (Å²) in [5, 5.41) is 42.4. The number of carbonyl (C=O) groups excluding carboxylic acids is 1. The molecule has 7 N–H and O–H groups in total. The Labute approximate surface area is 117 Å². The molecular weight excluding hydrogens is 290 g/mol. The van der Waals surface area contributed by atoms with Gasteiger partial charge in [-0.1, -0.05) is 0 Å². The Morgan fingerprint density at radius 1 is 1.40 bits per heavy atom. The average molecular weight is 305 g/mol. The molecule has 0 aromatic carbocycles. The predicted molar refractivity (Wildman–Crippen MR) is 68.0 cm³/mol. The molecule has 1 aromatic heterocycles. The van der Waals surface area contributed by atoms with Crippen molar-refractivity contribution in [2.24, 2.45) is 5.73 Å². The summed E-state index contributed by atoms with van der Waals surface area (Å²) in [5.74, 6) is -0.692. The van der Waals surface area contributed by atoms with Crippen LogP contribution in [0.25, 0.3) is 0 Å². The Kier molecular flexibility index (Phi) is 4.52. The molecule has 1 aliphatic rings. The van der Waals surface area contributed by atoms with Gasteiger partial charge in [-0.05, 0) is 0 Å². The molecule has 1 saturated heterocycles. The van der Waals surface area contributed by atoms with Crippen LogP contribution in [-0.4, -0.2) is 68.6 Å². The number of carbonyl (C=O) groups is 1. The van der Waals surface area contributed by atoms with Gasteiger partial charge in [-0.3, -0.25) is 4.79 Å². The third-order valence-corrected chi connectivity index (χ3v) is 3.69. The first kappa shape index (κ1) is 15.1. The molecule has 112 valence electrons. The fourth-order valence-electron chi connectivity index (χ4n) is 1.80. The van der Waals surface area contributed by atoms with Crippen LogP contribution in [-0.2, 0) is 4.74 Å². The number of nitrogens with two attached hydrogens (primary N) is 1. The molecule has 9 nitrogen and oxygen atoms in total. The lowest BCUT2D eigenvalue weighted by molar-refractivity contribution is -0.221. The van der Waals surface area contributed by atoms with Gasteiger partial charge < -0.3 is 36.2 Å². The van der Waals surface area contributed by atoms with Crippen molar-refractivity contribution in [2.45, 2.75) is 30.6 Å². The summed E-state index contributed by atoms with van der Waals surface area (Å²) in [4.78, 5) is 14.8. The van der Waals surface area contributed by atoms with E-state index in [2.05, 4.69) is 10.3 Å². The summed E-state index contributed by atoms with van der Waals surface area (Å²) >= 11 is 1.06. The molecule has 20 heavy (non-hydrogen) atoms. The van der Waals surface area contributed by atoms with E-state index in [-0.39, 0.29) is 10.8 Å². The number of hydrogen-bond acceptors (Lipinski definition) is 9. The molecule has 1 amide bonds. The number of rotatable bonds is 4. The number of thiazole rings is 1. The highest BCUT2D eigenvalue weighted by Gasteiger charge is 2.43. The second-order valence-electron chi connectivity index (χ2n) is 4.30. The number of aliphatic hydroxyl groups is 4. The van der Waals surface area contributed by atoms with Crippen molar-refractivity contribution >= 4 is 22.4 Å². The lowest BCUT2D eigenvalue weighted by atomic mass is 9.98. The average Bonchev–Trinajstić information content (AvgIpc) is 2.88. The molecule has 2 heterocycles. The topological polar surface area (TPSA) is 158 Å². The minimum absolute atomic E-state index is 0.0575. The monoisotopic (exact) mass is 305 g/mol. The molecule has 5 unspecified atom stereocenters. The molecule has 1 aliphatic heterocycles. The van der Waals surface area contributed by atoms with Crippen molar-refractivity contribution in [3.05, 3.63) is 11.1 Å². The van der Waals surface area contributed by atoms with Crippen LogP contribution in [0, 0.1) is 0 Å². The lowest BCUT2D eigenvalue weighted by Gasteiger charge is -2.40. The first-order valence-corrected chi connectivity index (χ1v) is 6.64. The van der Waals surface area contributed by atoms with E-state index in [1.54, 1.807) is 0 Å². The number of aromatic nitrogens is 1. The standard InChI is InChI=1S/C10H15N3O6S/c11-8(18)3-2-20-10(12-3)13-9-7(17)6(16)5(15)4(1-14)19-9/h2,4-7,9,14-17H,1H2,(H2,11,18)(H,12,13). The Morgan fingerprint density at radius 3 is 2.65 bits per heavy atom. The van der Waals surface area contributed by atoms with Crippen molar-refractivity contribution in [3.63, 3.8) is 0 Å². The Balaban J connectivity index is 2.08. The van der Waals surface area contributed by atoms with Gasteiger partial charge >= 0.3 is 0 Å². The van der Waals surface area contributed by atoms with E-state index in [0.717, 1.165) is 11.3 Å². The zero-order valence-corrected chi connectivity index (χ0v) is 11.0. The van der Waals surface area contributed by atoms with E-state index in [1.165, 1.54) is 5.38 Å². The number of nitrogens with one attached hydrogen (secondary N) is 1. The molecule has 0 aliphatic carbocycles. The molecule has 1 aromatic rings. The van der Waals surface area contributed by atoms with Crippen molar-refractivity contribution in [2.75, 3.05) is 11.9 Å². The SMILES string of the molecule is NC(=O)c1csc(NC2OC(CO)C(O)C(O)C2O)n1. The molecule has 5 atom stereocenters. The second kappa shape index (κ2) is 5.99. The summed E-state index contributed by atoms with van der Waals surface area (Å²) < 4.78 is 5.23. The third-order valence-electron chi connectivity index (χ3n) is 2.91. The molecular formula is C10H15N3O6S. The van der Waals surface area contributed by atoms with Crippen molar-refractivity contribution in [1.29, 1.82) is 0 Å². The summed E-state index contributed by atoms with van der Waals surface area (Å²) in [6.07, 6.45) is -6.42. The van der Waals surface area contributed by atoms with E-state index >= 15 is 0 Å². The lowest BCUT2D eigenvalue weighted by Crippen LogP contribution is -2.60. The molecule has 0 saturated carbocycles. The van der Waals surface area contributed by atoms with Crippen molar-refractivity contribution < 1.29 is 30.0 Å². The van der Waals surface area contributed by atoms with Gasteiger partial charge in [-0.2, -0.15) is 0 Å². The van der Waals surface area contributed by atoms with E-state index in [9.17, 15) is 20.1 Å². The maximum atomic E-state index is 10.9. The number of ether oxygens (including phenoxy) is 1. The zero-order valence-electron chi connectivity index (χ0n) is 10.2. The molecule has 2 rings (SSSR count). The number of nitrogens with zero attached hydrogens (tertiary/aromatic N) is 1. The first-order chi connectivity index (χ1) is 9.43. The number of primary amides is 1. The summed E-state index contributed by atoms with van der Waals surface area (Å²) in [6.45, 7) is -0.520. The molecule has 0 bridgehead atoms. The maximum Gasteiger partial charge on any atom is 0.268 e. The minimum Gasteiger partial charge on any atom is -0.394 e. The smallest absolute Gasteiger partial charge is 0.268 e. The summed E-state index contributed by atoms with van der Waals surface area (Å²) in [7, 11) is 0. The van der Waals surface area contributed by atoms with E-state index in [0.29, 0.717) is 0 Å². The fraction of sp³-hybridized carbons (Fsp3) is 0.600. The van der Waals surface area contributed by atoms with Gasteiger partial charge in [0.2, 0.25) is 0 Å². The number of aliphatic hydroxyl groups excluding tert-OH is 4. The van der Waals surface area contributed by atoms with Crippen molar-refractivity contribution in [1.82, 2.24) is 4.98 Å². The van der Waals surface area contributed by atoms with Gasteiger partial charge in [-0.25, -0.2) is 4.98 Å². The molecule has 0 radical (unpaired) electrons. The quantitative estimate of drug-likeness (QED) is 0.355. The number of anilines is 1. The van der Waals surface area contributed by atoms with Gasteiger partial charge in [0.15, 0.2) is 11.4 Å². The summed E-state index contributed by atoms with van der Waals surface area (Å²) in [5.41, 5.74) is 5.12. The van der Waals surface area contributed by atoms with Crippen LogP contribution in [0.15, 0.2) is 5.38 Å². The largest absolute Gasteiger partial charge is 0.394 e. The van der Waals surface area contributed by atoms with Gasteiger partial charge in [0, 0.05) is 5.38 Å². The van der Waals surface area contributed by atoms with Crippen LogP contribution in [0.3, 0.4) is 0 Å². The van der Waals surface area contributed by atoms with Crippen LogP contribution >= 0.6 is 11.3 Å². The van der Waals surface area contributed by atoms with Gasteiger partial charge in [0.05, 0.1) is 6.61 Å². The molecule has 0 spiro atoms. The van der Waals surface area contributed by atoms with E-state index < -0.39 is 43.2 Å². The number of hydrogen-bond donors (Lipinski definition) is 6. The van der Waals surface area contributed by atoms with Crippen LogP contribution in [0.4, 0.5) is 5.13 Å². The fourth-order valence-corrected chi connectivity index (χ4v) is 2.52. The van der Waals surface area contributed by atoms with Gasteiger partial charge in [0.1, 0.15) is 30.1 Å². The second-order valence-corrected chi connectivity index (χ2v) is 5.15. The van der Waals surface area contributed by atoms with Crippen LogP contribution in [0.5, 0.6) is 0 Å². The first-order valence-electron chi connectivity index (χ1n) is 5.76. The van der Waals surface area contributed by atoms with E-state index in [1.807, 2.05) is 0 Å². The van der Waals surface area contributed by atoms with Crippen molar-refractivity contribution in [3.8, 4) is 0 Å². The van der Waals surface area contributed by atoms with Gasteiger partial charge in [-0.15, -0.1) is 11.3 Å². The van der Waals surface area contributed by atoms with Crippen LogP contribution in [0.2, 0.25) is 0 Å². The summed E-state index contributed by atoms with van der Waals surface area (Å²) in [6, 6.07) is 0. The Morgan fingerprint density at radius 2 is 2.10 bits per heavy atom. The third kappa shape index (κ3) is 2.90. The highest BCUT2D eigenvalue weighted by molar-refractivity contribution is 7.13. The predicted octanol–water partition coefficient (Wildman–Crippen LogP) is -2.55. The minimum atomic E-state index is -1.48. The number of amides is 1. The Hall–Kier alpha value is -1.30. The van der Waals surface area contributed by atoms with E-state index in [4.69, 9.17) is 15.6 Å².